The quantitative estimate of drug-likeness (QED) is 0.244. The van der Waals surface area contributed by atoms with E-state index in [1.807, 2.05) is 13.0 Å². The zero-order valence-electron chi connectivity index (χ0n) is 15.8. The van der Waals surface area contributed by atoms with Gasteiger partial charge in [-0.1, -0.05) is 12.1 Å². The average molecular weight is 478 g/mol. The van der Waals surface area contributed by atoms with Crippen molar-refractivity contribution >= 4 is 29.9 Å². The summed E-state index contributed by atoms with van der Waals surface area (Å²) in [6.07, 6.45) is 2.67. The molecule has 0 saturated carbocycles. The molecule has 3 N–H and O–H groups in total. The molecule has 7 heteroatoms. The highest BCUT2D eigenvalue weighted by Crippen LogP contribution is 2.10. The van der Waals surface area contributed by atoms with Crippen LogP contribution in [0.3, 0.4) is 0 Å². The van der Waals surface area contributed by atoms with E-state index in [0.29, 0.717) is 12.1 Å². The monoisotopic (exact) mass is 478 g/mol. The van der Waals surface area contributed by atoms with Crippen LogP contribution in [0.5, 0.6) is 0 Å². The second-order valence-electron chi connectivity index (χ2n) is 6.63. The Morgan fingerprint density at radius 2 is 2.04 bits per heavy atom. The van der Waals surface area contributed by atoms with E-state index in [1.54, 1.807) is 19.1 Å². The fraction of sp³-hybridized carbons (Fsp3) is 0.632. The first-order valence-electron chi connectivity index (χ1n) is 9.26. The number of nitrogens with one attached hydrogen (secondary N) is 2. The molecular formula is C19H32FIN4O. The molecule has 2 rings (SSSR count). The average Bonchev–Trinajstić information content (AvgIpc) is 2.61. The first-order valence-corrected chi connectivity index (χ1v) is 9.26. The Kier molecular flexibility index (Phi) is 11.1. The highest BCUT2D eigenvalue weighted by Gasteiger charge is 2.15. The molecular weight excluding hydrogens is 446 g/mol. The molecule has 0 radical (unpaired) electrons. The molecule has 0 aliphatic carbocycles. The molecule has 1 aliphatic rings. The maximum absolute atomic E-state index is 13.6. The molecule has 148 valence electrons. The fourth-order valence-corrected chi connectivity index (χ4v) is 2.90. The lowest BCUT2D eigenvalue weighted by Gasteiger charge is -2.29. The number of halogens is 2. The lowest BCUT2D eigenvalue weighted by atomic mass is 10.1. The number of hydrogen-bond acceptors (Lipinski definition) is 3. The Bertz CT molecular complexity index is 562. The zero-order chi connectivity index (χ0) is 18.1. The Morgan fingerprint density at radius 1 is 1.31 bits per heavy atom. The zero-order valence-corrected chi connectivity index (χ0v) is 18.1. The van der Waals surface area contributed by atoms with E-state index >= 15 is 0 Å². The number of aliphatic hydroxyl groups excluding tert-OH is 1. The van der Waals surface area contributed by atoms with Crippen molar-refractivity contribution in [2.75, 3.05) is 32.7 Å². The maximum atomic E-state index is 13.6. The molecule has 5 nitrogen and oxygen atoms in total. The smallest absolute Gasteiger partial charge is 0.191 e. The number of benzene rings is 1. The number of nitrogens with zero attached hydrogens (tertiary/aromatic N) is 2. The van der Waals surface area contributed by atoms with Crippen LogP contribution in [-0.4, -0.2) is 54.8 Å². The Morgan fingerprint density at radius 3 is 2.69 bits per heavy atom. The van der Waals surface area contributed by atoms with Crippen LogP contribution in [0.1, 0.15) is 37.3 Å². The van der Waals surface area contributed by atoms with Gasteiger partial charge in [0.05, 0.1) is 12.6 Å². The molecule has 1 fully saturated rings. The SMILES string of the molecule is CCNC(=NCc1ccc(C)c(F)c1)NCCCN1CCC(O)CC1.I. The Balaban J connectivity index is 0.00000338. The predicted octanol–water partition coefficient (Wildman–Crippen LogP) is 2.65. The summed E-state index contributed by atoms with van der Waals surface area (Å²) in [7, 11) is 0. The summed E-state index contributed by atoms with van der Waals surface area (Å²) in [4.78, 5) is 6.93. The molecule has 0 bridgehead atoms. The summed E-state index contributed by atoms with van der Waals surface area (Å²) in [5.74, 6) is 0.579. The molecule has 0 unspecified atom stereocenters. The van der Waals surface area contributed by atoms with Crippen LogP contribution < -0.4 is 10.6 Å². The Hall–Kier alpha value is -0.930. The van der Waals surface area contributed by atoms with E-state index in [1.165, 1.54) is 0 Å². The van der Waals surface area contributed by atoms with Crippen molar-refractivity contribution in [3.8, 4) is 0 Å². The minimum atomic E-state index is -0.183. The third-order valence-corrected chi connectivity index (χ3v) is 4.50. The van der Waals surface area contributed by atoms with Gasteiger partial charge in [0.25, 0.3) is 0 Å². The van der Waals surface area contributed by atoms with Crippen LogP contribution in [0.2, 0.25) is 0 Å². The van der Waals surface area contributed by atoms with Crippen molar-refractivity contribution < 1.29 is 9.50 Å². The molecule has 0 spiro atoms. The van der Waals surface area contributed by atoms with Crippen molar-refractivity contribution in [2.45, 2.75) is 45.8 Å². The van der Waals surface area contributed by atoms with Gasteiger partial charge >= 0.3 is 0 Å². The van der Waals surface area contributed by atoms with E-state index in [0.717, 1.165) is 63.5 Å². The minimum Gasteiger partial charge on any atom is -0.393 e. The number of aliphatic hydroxyl groups is 1. The number of rotatable bonds is 7. The van der Waals surface area contributed by atoms with Crippen molar-refractivity contribution in [1.82, 2.24) is 15.5 Å². The summed E-state index contributed by atoms with van der Waals surface area (Å²) in [5.41, 5.74) is 1.52. The van der Waals surface area contributed by atoms with Crippen LogP contribution in [-0.2, 0) is 6.54 Å². The highest BCUT2D eigenvalue weighted by molar-refractivity contribution is 14.0. The van der Waals surface area contributed by atoms with Crippen LogP contribution in [0.4, 0.5) is 4.39 Å². The molecule has 26 heavy (non-hydrogen) atoms. The molecule has 1 heterocycles. The first kappa shape index (κ1) is 23.1. The van der Waals surface area contributed by atoms with Gasteiger partial charge in [-0.05, 0) is 56.8 Å². The number of likely N-dealkylation sites (tertiary alicyclic amines) is 1. The van der Waals surface area contributed by atoms with Gasteiger partial charge in [0, 0.05) is 26.2 Å². The van der Waals surface area contributed by atoms with Crippen molar-refractivity contribution in [3.05, 3.63) is 35.1 Å². The van der Waals surface area contributed by atoms with Gasteiger partial charge in [0.2, 0.25) is 0 Å². The summed E-state index contributed by atoms with van der Waals surface area (Å²) in [6, 6.07) is 5.25. The molecule has 0 amide bonds. The van der Waals surface area contributed by atoms with Gasteiger partial charge in [-0.3, -0.25) is 0 Å². The summed E-state index contributed by atoms with van der Waals surface area (Å²) in [6.45, 7) is 8.87. The normalized spacial score (nSPS) is 16.2. The van der Waals surface area contributed by atoms with Crippen molar-refractivity contribution in [3.63, 3.8) is 0 Å². The predicted molar refractivity (Wildman–Crippen MR) is 116 cm³/mol. The number of aliphatic imine (C=N–C) groups is 1. The summed E-state index contributed by atoms with van der Waals surface area (Å²) in [5, 5.41) is 16.1. The Labute approximate surface area is 173 Å². The second kappa shape index (κ2) is 12.5. The van der Waals surface area contributed by atoms with E-state index in [-0.39, 0.29) is 35.9 Å². The maximum Gasteiger partial charge on any atom is 0.191 e. The third-order valence-electron chi connectivity index (χ3n) is 4.50. The van der Waals surface area contributed by atoms with Gasteiger partial charge < -0.3 is 20.6 Å². The van der Waals surface area contributed by atoms with Gasteiger partial charge in [-0.25, -0.2) is 9.38 Å². The third kappa shape index (κ3) is 8.18. The lowest BCUT2D eigenvalue weighted by molar-refractivity contribution is 0.0823. The van der Waals surface area contributed by atoms with E-state index in [9.17, 15) is 9.50 Å². The number of guanidine groups is 1. The summed E-state index contributed by atoms with van der Waals surface area (Å²) >= 11 is 0. The lowest BCUT2D eigenvalue weighted by Crippen LogP contribution is -2.40. The first-order chi connectivity index (χ1) is 12.1. The molecule has 1 aromatic rings. The van der Waals surface area contributed by atoms with Gasteiger partial charge in [0.15, 0.2) is 5.96 Å². The number of aryl methyl sites for hydroxylation is 1. The number of hydrogen-bond donors (Lipinski definition) is 3. The summed E-state index contributed by atoms with van der Waals surface area (Å²) < 4.78 is 13.6. The van der Waals surface area contributed by atoms with Crippen LogP contribution >= 0.6 is 24.0 Å². The van der Waals surface area contributed by atoms with Gasteiger partial charge in [-0.2, -0.15) is 0 Å². The fourth-order valence-electron chi connectivity index (χ4n) is 2.90. The van der Waals surface area contributed by atoms with E-state index in [4.69, 9.17) is 0 Å². The van der Waals surface area contributed by atoms with E-state index in [2.05, 4.69) is 20.5 Å². The van der Waals surface area contributed by atoms with Crippen molar-refractivity contribution in [2.24, 2.45) is 4.99 Å². The number of piperidine rings is 1. The largest absolute Gasteiger partial charge is 0.393 e. The van der Waals surface area contributed by atoms with Crippen LogP contribution in [0.15, 0.2) is 23.2 Å². The standard InChI is InChI=1S/C19H31FN4O.HI/c1-3-21-19(23-14-16-6-5-15(2)18(20)13-16)22-9-4-10-24-11-7-17(25)8-12-24;/h5-6,13,17,25H,3-4,7-12,14H2,1-2H3,(H2,21,22,23);1H. The van der Waals surface area contributed by atoms with Gasteiger partial charge in [-0.15, -0.1) is 24.0 Å². The minimum absolute atomic E-state index is 0. The molecule has 1 saturated heterocycles. The molecule has 0 atom stereocenters. The van der Waals surface area contributed by atoms with E-state index < -0.39 is 0 Å². The second-order valence-corrected chi connectivity index (χ2v) is 6.63. The highest BCUT2D eigenvalue weighted by atomic mass is 127. The van der Waals surface area contributed by atoms with Gasteiger partial charge in [0.1, 0.15) is 5.82 Å². The molecule has 1 aliphatic heterocycles. The molecule has 1 aromatic carbocycles. The van der Waals surface area contributed by atoms with Crippen LogP contribution in [0, 0.1) is 12.7 Å². The molecule has 0 aromatic heterocycles. The topological polar surface area (TPSA) is 59.9 Å². The van der Waals surface area contributed by atoms with Crippen LogP contribution in [0.25, 0.3) is 0 Å². The van der Waals surface area contributed by atoms with Crippen molar-refractivity contribution in [1.29, 1.82) is 0 Å².